The van der Waals surface area contributed by atoms with Gasteiger partial charge in [0.15, 0.2) is 17.3 Å². The first-order valence-electron chi connectivity index (χ1n) is 12.0. The number of rotatable bonds is 8. The Morgan fingerprint density at radius 3 is 2.57 bits per heavy atom. The van der Waals surface area contributed by atoms with Crippen LogP contribution in [0.15, 0.2) is 24.7 Å². The Kier molecular flexibility index (Phi) is 5.40. The van der Waals surface area contributed by atoms with Gasteiger partial charge in [0.1, 0.15) is 12.1 Å². The molecule has 3 atom stereocenters. The first kappa shape index (κ1) is 22.0. The van der Waals surface area contributed by atoms with Crippen molar-refractivity contribution in [2.45, 2.75) is 44.2 Å². The molecule has 0 bridgehead atoms. The number of imidazole rings is 1. The van der Waals surface area contributed by atoms with E-state index in [1.807, 2.05) is 22.9 Å². The molecule has 1 unspecified atom stereocenters. The van der Waals surface area contributed by atoms with E-state index in [9.17, 15) is 5.11 Å². The number of aliphatic hydroxyl groups excluding tert-OH is 1. The van der Waals surface area contributed by atoms with Gasteiger partial charge in [0.25, 0.3) is 0 Å². The minimum absolute atomic E-state index is 0.144. The van der Waals surface area contributed by atoms with E-state index in [4.69, 9.17) is 24.2 Å². The van der Waals surface area contributed by atoms with E-state index in [1.54, 1.807) is 27.7 Å². The Morgan fingerprint density at radius 1 is 1.06 bits per heavy atom. The maximum Gasteiger partial charge on any atom is 0.230 e. The predicted molar refractivity (Wildman–Crippen MR) is 130 cm³/mol. The van der Waals surface area contributed by atoms with E-state index in [2.05, 4.69) is 15.2 Å². The number of nitrogens with one attached hydrogen (secondary N) is 1. The van der Waals surface area contributed by atoms with Crippen molar-refractivity contribution in [3.05, 3.63) is 35.9 Å². The lowest BCUT2D eigenvalue weighted by atomic mass is 10.1. The standard InChI is InChI=1S/C25H30N6O4/c1-33-20-9-15(10-21(34-2)23(20)35-3)30-11-22(26-13-30)28-25-27-18-6-4-5-17(18)24(29-25)31-16(12-32)7-14-8-19(14)31/h9-11,13-14,16,19,32H,4-8,12H2,1-3H3,(H,27,28,29)/t14?,16-,19+/m0/s1. The van der Waals surface area contributed by atoms with Gasteiger partial charge in [-0.3, -0.25) is 0 Å². The molecule has 0 amide bonds. The molecule has 2 N–H and O–H groups in total. The summed E-state index contributed by atoms with van der Waals surface area (Å²) in [5, 5.41) is 13.3. The van der Waals surface area contributed by atoms with Gasteiger partial charge in [-0.2, -0.15) is 4.98 Å². The second kappa shape index (κ2) is 8.60. The number of anilines is 3. The summed E-state index contributed by atoms with van der Waals surface area (Å²) in [5.74, 6) is 4.52. The van der Waals surface area contributed by atoms with Gasteiger partial charge in [-0.05, 0) is 38.0 Å². The van der Waals surface area contributed by atoms with E-state index >= 15 is 0 Å². The first-order valence-corrected chi connectivity index (χ1v) is 12.0. The maximum absolute atomic E-state index is 9.97. The lowest BCUT2D eigenvalue weighted by Gasteiger charge is -2.29. The van der Waals surface area contributed by atoms with Gasteiger partial charge >= 0.3 is 0 Å². The molecule has 3 aromatic rings. The number of ether oxygens (including phenoxy) is 3. The van der Waals surface area contributed by atoms with Gasteiger partial charge in [-0.25, -0.2) is 9.97 Å². The molecule has 10 nitrogen and oxygen atoms in total. The summed E-state index contributed by atoms with van der Waals surface area (Å²) in [6, 6.07) is 4.38. The Morgan fingerprint density at radius 2 is 1.86 bits per heavy atom. The molecule has 3 heterocycles. The van der Waals surface area contributed by atoms with Crippen molar-refractivity contribution in [2.24, 2.45) is 5.92 Å². The lowest BCUT2D eigenvalue weighted by molar-refractivity contribution is 0.259. The van der Waals surface area contributed by atoms with Gasteiger partial charge in [-0.15, -0.1) is 0 Å². The highest BCUT2D eigenvalue weighted by molar-refractivity contribution is 5.61. The van der Waals surface area contributed by atoms with E-state index < -0.39 is 0 Å². The van der Waals surface area contributed by atoms with Crippen LogP contribution >= 0.6 is 0 Å². The smallest absolute Gasteiger partial charge is 0.230 e. The lowest BCUT2D eigenvalue weighted by Crippen LogP contribution is -2.37. The molecule has 2 aromatic heterocycles. The van der Waals surface area contributed by atoms with Gasteiger partial charge in [0.05, 0.1) is 51.6 Å². The number of hydrogen-bond acceptors (Lipinski definition) is 9. The summed E-state index contributed by atoms with van der Waals surface area (Å²) in [7, 11) is 4.77. The van der Waals surface area contributed by atoms with E-state index in [-0.39, 0.29) is 12.6 Å². The SMILES string of the molecule is COc1cc(-n2cnc(Nc3nc4c(c(N5[C@H](CO)CC6C[C@H]65)n3)CCC4)c2)cc(OC)c1OC. The molecule has 1 saturated carbocycles. The summed E-state index contributed by atoms with van der Waals surface area (Å²) >= 11 is 0. The minimum Gasteiger partial charge on any atom is -0.493 e. The highest BCUT2D eigenvalue weighted by atomic mass is 16.5. The zero-order valence-corrected chi connectivity index (χ0v) is 20.2. The van der Waals surface area contributed by atoms with Crippen molar-refractivity contribution in [3.8, 4) is 22.9 Å². The average molecular weight is 479 g/mol. The summed E-state index contributed by atoms with van der Waals surface area (Å²) in [4.78, 5) is 16.6. The second-order valence-corrected chi connectivity index (χ2v) is 9.37. The first-order chi connectivity index (χ1) is 17.1. The number of aryl methyl sites for hydroxylation is 1. The third kappa shape index (κ3) is 3.72. The van der Waals surface area contributed by atoms with Gasteiger partial charge in [0.2, 0.25) is 11.7 Å². The van der Waals surface area contributed by atoms with Gasteiger partial charge < -0.3 is 34.1 Å². The summed E-state index contributed by atoms with van der Waals surface area (Å²) in [5.41, 5.74) is 3.16. The number of methoxy groups -OCH3 is 3. The Balaban J connectivity index is 1.30. The van der Waals surface area contributed by atoms with E-state index in [1.165, 1.54) is 12.0 Å². The number of benzene rings is 1. The van der Waals surface area contributed by atoms with Crippen molar-refractivity contribution in [1.82, 2.24) is 19.5 Å². The molecule has 35 heavy (non-hydrogen) atoms. The Bertz CT molecular complexity index is 1240. The molecular weight excluding hydrogens is 448 g/mol. The molecule has 2 fully saturated rings. The zero-order valence-electron chi connectivity index (χ0n) is 20.2. The monoisotopic (exact) mass is 478 g/mol. The Hall–Kier alpha value is -3.53. The third-order valence-electron chi connectivity index (χ3n) is 7.35. The third-order valence-corrected chi connectivity index (χ3v) is 7.35. The van der Waals surface area contributed by atoms with Crippen LogP contribution in [0.3, 0.4) is 0 Å². The van der Waals surface area contributed by atoms with Crippen LogP contribution in [0.2, 0.25) is 0 Å². The quantitative estimate of drug-likeness (QED) is 0.505. The van der Waals surface area contributed by atoms with Crippen LogP contribution in [0.1, 0.15) is 30.5 Å². The summed E-state index contributed by atoms with van der Waals surface area (Å²) < 4.78 is 18.3. The molecule has 0 radical (unpaired) electrons. The molecule has 10 heteroatoms. The van der Waals surface area contributed by atoms with Crippen LogP contribution in [-0.2, 0) is 12.8 Å². The number of fused-ring (bicyclic) bond motifs is 2. The van der Waals surface area contributed by atoms with Crippen LogP contribution in [0.4, 0.5) is 17.6 Å². The predicted octanol–water partition coefficient (Wildman–Crippen LogP) is 2.88. The van der Waals surface area contributed by atoms with E-state index in [0.717, 1.165) is 42.9 Å². The van der Waals surface area contributed by atoms with Crippen molar-refractivity contribution in [1.29, 1.82) is 0 Å². The molecule has 1 aromatic carbocycles. The van der Waals surface area contributed by atoms with Crippen LogP contribution < -0.4 is 24.4 Å². The molecule has 2 aliphatic carbocycles. The number of aliphatic hydroxyl groups is 1. The minimum atomic E-state index is 0.144. The molecule has 1 saturated heterocycles. The van der Waals surface area contributed by atoms with Crippen molar-refractivity contribution in [3.63, 3.8) is 0 Å². The molecule has 0 spiro atoms. The van der Waals surface area contributed by atoms with Gasteiger partial charge in [0, 0.05) is 23.7 Å². The highest BCUT2D eigenvalue weighted by Gasteiger charge is 2.53. The molecule has 1 aliphatic heterocycles. The highest BCUT2D eigenvalue weighted by Crippen LogP contribution is 2.50. The zero-order chi connectivity index (χ0) is 24.1. The fourth-order valence-electron chi connectivity index (χ4n) is 5.59. The topological polar surface area (TPSA) is 107 Å². The normalized spacial score (nSPS) is 22.1. The number of piperidine rings is 1. The van der Waals surface area contributed by atoms with Crippen LogP contribution in [0, 0.1) is 5.92 Å². The van der Waals surface area contributed by atoms with Crippen molar-refractivity contribution < 1.29 is 19.3 Å². The largest absolute Gasteiger partial charge is 0.493 e. The molecule has 184 valence electrons. The van der Waals surface area contributed by atoms with E-state index in [0.29, 0.717) is 41.0 Å². The molecular formula is C25H30N6O4. The number of nitrogens with zero attached hydrogens (tertiary/aromatic N) is 5. The number of hydrogen-bond donors (Lipinski definition) is 2. The van der Waals surface area contributed by atoms with Crippen molar-refractivity contribution in [2.75, 3.05) is 38.2 Å². The van der Waals surface area contributed by atoms with Crippen LogP contribution in [-0.4, -0.2) is 64.6 Å². The maximum atomic E-state index is 9.97. The Labute approximate surface area is 203 Å². The average Bonchev–Trinajstić information content (AvgIpc) is 3.25. The molecule has 3 aliphatic rings. The summed E-state index contributed by atoms with van der Waals surface area (Å²) in [6.45, 7) is 0.160. The second-order valence-electron chi connectivity index (χ2n) is 9.37. The molecule has 6 rings (SSSR count). The van der Waals surface area contributed by atoms with Gasteiger partial charge in [-0.1, -0.05) is 0 Å². The summed E-state index contributed by atoms with van der Waals surface area (Å²) in [6.07, 6.45) is 8.85. The van der Waals surface area contributed by atoms with Crippen LogP contribution in [0.5, 0.6) is 17.2 Å². The fourth-order valence-corrected chi connectivity index (χ4v) is 5.59. The van der Waals surface area contributed by atoms with Crippen LogP contribution in [0.25, 0.3) is 5.69 Å². The number of aromatic nitrogens is 4. The fraction of sp³-hybridized carbons (Fsp3) is 0.480. The van der Waals surface area contributed by atoms with Crippen molar-refractivity contribution >= 4 is 17.6 Å².